The van der Waals surface area contributed by atoms with Crippen LogP contribution in [-0.4, -0.2) is 33.4 Å². The van der Waals surface area contributed by atoms with Crippen molar-refractivity contribution in [3.05, 3.63) is 58.3 Å². The maximum absolute atomic E-state index is 12.2. The van der Waals surface area contributed by atoms with Crippen molar-refractivity contribution < 1.29 is 23.8 Å². The van der Waals surface area contributed by atoms with Gasteiger partial charge in [-0.15, -0.1) is 0 Å². The number of nitrogens with zero attached hydrogens (tertiary/aromatic N) is 2. The summed E-state index contributed by atoms with van der Waals surface area (Å²) in [7, 11) is 0.847. The van der Waals surface area contributed by atoms with Gasteiger partial charge in [-0.05, 0) is 42.5 Å². The number of aromatic hydroxyl groups is 1. The summed E-state index contributed by atoms with van der Waals surface area (Å²) in [6.45, 7) is 3.53. The van der Waals surface area contributed by atoms with E-state index in [0.717, 1.165) is 22.8 Å². The molecule has 9 nitrogen and oxygen atoms in total. The molecular weight excluding hydrogens is 442 g/mol. The van der Waals surface area contributed by atoms with Crippen molar-refractivity contribution in [2.75, 3.05) is 6.54 Å². The highest BCUT2D eigenvalue weighted by Crippen LogP contribution is 2.35. The molecular formula is C20H23N3O6S2. The topological polar surface area (TPSA) is 132 Å². The summed E-state index contributed by atoms with van der Waals surface area (Å²) in [6.07, 6.45) is 2.81. The van der Waals surface area contributed by atoms with Gasteiger partial charge in [-0.2, -0.15) is 0 Å². The Labute approximate surface area is 187 Å². The highest BCUT2D eigenvalue weighted by Gasteiger charge is 2.19. The Bertz CT molecular complexity index is 910. The lowest BCUT2D eigenvalue weighted by molar-refractivity contribution is -0.388. The third-order valence-corrected chi connectivity index (χ3v) is 5.99. The molecule has 0 fully saturated rings. The molecule has 2 aromatic rings. The average Bonchev–Trinajstić information content (AvgIpc) is 2.73. The first-order chi connectivity index (χ1) is 14.8. The standard InChI is InChI=1S/C20H23N3O6S2/c1-13(11-15-5-7-16(24)8-6-15)10-14(2)19(26)22-12-18(25)29-31-30-20-17(23(27)28)4-3-9-21-20/h3-9,13-14,24H,10-12H2,1-2H3,(H,22,26)/t13-,14+/m1/s1. The van der Waals surface area contributed by atoms with Gasteiger partial charge in [0.15, 0.2) is 5.03 Å². The molecule has 2 N–H and O–H groups in total. The predicted molar refractivity (Wildman–Crippen MR) is 118 cm³/mol. The molecule has 0 radical (unpaired) electrons. The fourth-order valence-corrected chi connectivity index (χ4v) is 4.34. The number of carbonyl (C=O) groups excluding carboxylic acids is 2. The second-order valence-corrected chi connectivity index (χ2v) is 8.79. The minimum Gasteiger partial charge on any atom is -0.508 e. The van der Waals surface area contributed by atoms with Gasteiger partial charge in [0.1, 0.15) is 23.4 Å². The van der Waals surface area contributed by atoms with E-state index in [0.29, 0.717) is 17.5 Å². The first kappa shape index (κ1) is 24.5. The molecule has 166 valence electrons. The van der Waals surface area contributed by atoms with Crippen LogP contribution in [0.3, 0.4) is 0 Å². The Morgan fingerprint density at radius 2 is 1.97 bits per heavy atom. The summed E-state index contributed by atoms with van der Waals surface area (Å²) in [4.78, 5) is 38.3. The van der Waals surface area contributed by atoms with Crippen molar-refractivity contribution in [2.45, 2.75) is 31.7 Å². The second kappa shape index (κ2) is 12.2. The Morgan fingerprint density at radius 1 is 1.26 bits per heavy atom. The molecule has 2 rings (SSSR count). The summed E-state index contributed by atoms with van der Waals surface area (Å²) >= 11 is 0.650. The van der Waals surface area contributed by atoms with Gasteiger partial charge in [0, 0.05) is 29.0 Å². The van der Waals surface area contributed by atoms with Crippen LogP contribution in [0.15, 0.2) is 47.6 Å². The van der Waals surface area contributed by atoms with E-state index in [-0.39, 0.29) is 40.8 Å². The average molecular weight is 466 g/mol. The zero-order valence-corrected chi connectivity index (χ0v) is 18.6. The largest absolute Gasteiger partial charge is 0.508 e. The molecule has 0 aliphatic carbocycles. The van der Waals surface area contributed by atoms with Crippen LogP contribution in [0.25, 0.3) is 0 Å². The van der Waals surface area contributed by atoms with Crippen LogP contribution in [0.4, 0.5) is 5.69 Å². The summed E-state index contributed by atoms with van der Waals surface area (Å²) in [5, 5.41) is 22.9. The van der Waals surface area contributed by atoms with E-state index in [9.17, 15) is 24.8 Å². The van der Waals surface area contributed by atoms with Crippen molar-refractivity contribution in [1.29, 1.82) is 0 Å². The van der Waals surface area contributed by atoms with Crippen molar-refractivity contribution in [3.63, 3.8) is 0 Å². The molecule has 0 aliphatic heterocycles. The summed E-state index contributed by atoms with van der Waals surface area (Å²) in [5.41, 5.74) is 0.892. The molecule has 0 bridgehead atoms. The normalized spacial score (nSPS) is 12.6. The van der Waals surface area contributed by atoms with Crippen LogP contribution in [0.2, 0.25) is 0 Å². The van der Waals surface area contributed by atoms with Crippen molar-refractivity contribution in [2.24, 2.45) is 11.8 Å². The van der Waals surface area contributed by atoms with Gasteiger partial charge in [-0.1, -0.05) is 26.0 Å². The Morgan fingerprint density at radius 3 is 2.65 bits per heavy atom. The number of nitrogens with one attached hydrogen (secondary N) is 1. The summed E-state index contributed by atoms with van der Waals surface area (Å²) in [5.74, 6) is -0.774. The van der Waals surface area contributed by atoms with E-state index in [2.05, 4.69) is 10.3 Å². The lowest BCUT2D eigenvalue weighted by Gasteiger charge is -2.17. The monoisotopic (exact) mass is 465 g/mol. The van der Waals surface area contributed by atoms with Crippen LogP contribution in [0.5, 0.6) is 5.75 Å². The van der Waals surface area contributed by atoms with E-state index >= 15 is 0 Å². The molecule has 31 heavy (non-hydrogen) atoms. The van der Waals surface area contributed by atoms with Crippen LogP contribution < -0.4 is 5.32 Å². The molecule has 1 heterocycles. The van der Waals surface area contributed by atoms with Gasteiger partial charge in [0.25, 0.3) is 0 Å². The third kappa shape index (κ3) is 8.46. The number of phenols is 1. The van der Waals surface area contributed by atoms with Crippen molar-refractivity contribution in [3.8, 4) is 5.75 Å². The van der Waals surface area contributed by atoms with E-state index in [1.165, 1.54) is 18.3 Å². The molecule has 1 amide bonds. The van der Waals surface area contributed by atoms with Gasteiger partial charge in [0.2, 0.25) is 5.91 Å². The molecule has 11 heteroatoms. The van der Waals surface area contributed by atoms with Crippen molar-refractivity contribution in [1.82, 2.24) is 10.3 Å². The lowest BCUT2D eigenvalue weighted by Crippen LogP contribution is -2.34. The smallest absolute Gasteiger partial charge is 0.338 e. The number of amides is 1. The van der Waals surface area contributed by atoms with E-state index in [4.69, 9.17) is 4.18 Å². The molecule has 2 atom stereocenters. The summed E-state index contributed by atoms with van der Waals surface area (Å²) in [6, 6.07) is 9.71. The van der Waals surface area contributed by atoms with Gasteiger partial charge < -0.3 is 14.6 Å². The van der Waals surface area contributed by atoms with Gasteiger partial charge in [-0.25, -0.2) is 9.78 Å². The van der Waals surface area contributed by atoms with Gasteiger partial charge >= 0.3 is 11.7 Å². The maximum atomic E-state index is 12.2. The fraction of sp³-hybridized carbons (Fsp3) is 0.350. The Balaban J connectivity index is 1.69. The van der Waals surface area contributed by atoms with Gasteiger partial charge in [-0.3, -0.25) is 14.9 Å². The number of pyridine rings is 1. The molecule has 1 aromatic carbocycles. The number of phenolic OH excluding ortho intramolecular Hbond substituents is 1. The number of rotatable bonds is 11. The van der Waals surface area contributed by atoms with Crippen molar-refractivity contribution >= 4 is 39.4 Å². The predicted octanol–water partition coefficient (Wildman–Crippen LogP) is 3.92. The number of hydrogen-bond donors (Lipinski definition) is 2. The van der Waals surface area contributed by atoms with E-state index < -0.39 is 10.9 Å². The quantitative estimate of drug-likeness (QED) is 0.219. The highest BCUT2D eigenvalue weighted by molar-refractivity contribution is 8.75. The number of hydrogen-bond acceptors (Lipinski definition) is 9. The molecule has 1 aromatic heterocycles. The second-order valence-electron chi connectivity index (χ2n) is 7.02. The zero-order chi connectivity index (χ0) is 22.8. The van der Waals surface area contributed by atoms with E-state index in [1.807, 2.05) is 19.1 Å². The van der Waals surface area contributed by atoms with Gasteiger partial charge in [0.05, 0.1) is 4.92 Å². The first-order valence-electron chi connectivity index (χ1n) is 9.45. The van der Waals surface area contributed by atoms with Crippen LogP contribution in [0, 0.1) is 22.0 Å². The zero-order valence-electron chi connectivity index (χ0n) is 17.0. The van der Waals surface area contributed by atoms with Crippen LogP contribution in [0.1, 0.15) is 25.8 Å². The molecule has 0 saturated carbocycles. The minimum atomic E-state index is -0.672. The Kier molecular flexibility index (Phi) is 9.60. The first-order valence-corrected chi connectivity index (χ1v) is 11.5. The number of nitro groups is 1. The molecule has 0 spiro atoms. The van der Waals surface area contributed by atoms with Crippen LogP contribution >= 0.6 is 21.9 Å². The number of carbonyl (C=O) groups is 2. The molecule has 0 unspecified atom stereocenters. The fourth-order valence-electron chi connectivity index (χ4n) is 2.86. The number of benzene rings is 1. The number of aromatic nitrogens is 1. The van der Waals surface area contributed by atoms with Crippen LogP contribution in [-0.2, 0) is 20.2 Å². The molecule has 0 aliphatic rings. The summed E-state index contributed by atoms with van der Waals surface area (Å²) < 4.78 is 4.92. The lowest BCUT2D eigenvalue weighted by atomic mass is 9.91. The SMILES string of the molecule is C[C@@H](Cc1ccc(O)cc1)C[C@H](C)C(=O)NCC(=O)OSSc1ncccc1[N+](=O)[O-]. The maximum Gasteiger partial charge on any atom is 0.338 e. The van der Waals surface area contributed by atoms with E-state index in [1.54, 1.807) is 19.1 Å². The molecule has 0 saturated heterocycles. The third-order valence-electron chi connectivity index (χ3n) is 4.32. The minimum absolute atomic E-state index is 0.116. The Hall–Kier alpha value is -2.79. The highest BCUT2D eigenvalue weighted by atomic mass is 33.1.